The summed E-state index contributed by atoms with van der Waals surface area (Å²) in [7, 11) is 1.60. The Morgan fingerprint density at radius 3 is 2.61 bits per heavy atom. The first-order valence-corrected chi connectivity index (χ1v) is 8.56. The highest BCUT2D eigenvalue weighted by Crippen LogP contribution is 2.23. The van der Waals surface area contributed by atoms with Crippen molar-refractivity contribution in [1.82, 2.24) is 14.7 Å². The van der Waals surface area contributed by atoms with Crippen LogP contribution in [-0.4, -0.2) is 21.8 Å². The topological polar surface area (TPSA) is 70.2 Å². The molecule has 0 bridgehead atoms. The second-order valence-electron chi connectivity index (χ2n) is 6.17. The fourth-order valence-electron chi connectivity index (χ4n) is 2.81. The molecule has 0 aliphatic heterocycles. The molecular weight excluding hydrogens is 361 g/mol. The SMILES string of the molecule is COc1ccc(-c2noc(-c3ccc(=O)n(Cc4cccc(F)c4)c3)n2)cc1. The van der Waals surface area contributed by atoms with Crippen molar-refractivity contribution in [2.24, 2.45) is 0 Å². The Morgan fingerprint density at radius 1 is 1.07 bits per heavy atom. The lowest BCUT2D eigenvalue weighted by molar-refractivity contribution is 0.415. The van der Waals surface area contributed by atoms with Gasteiger partial charge in [-0.15, -0.1) is 0 Å². The molecule has 0 aliphatic rings. The summed E-state index contributed by atoms with van der Waals surface area (Å²) in [5.41, 5.74) is 1.86. The van der Waals surface area contributed by atoms with E-state index in [9.17, 15) is 9.18 Å². The largest absolute Gasteiger partial charge is 0.497 e. The first kappa shape index (κ1) is 17.7. The van der Waals surface area contributed by atoms with E-state index in [1.54, 1.807) is 31.5 Å². The molecule has 0 saturated carbocycles. The highest BCUT2D eigenvalue weighted by Gasteiger charge is 2.12. The fraction of sp³-hybridized carbons (Fsp3) is 0.0952. The summed E-state index contributed by atoms with van der Waals surface area (Å²) in [5.74, 6) is 1.11. The van der Waals surface area contributed by atoms with Gasteiger partial charge in [0.05, 0.1) is 19.2 Å². The maximum Gasteiger partial charge on any atom is 0.259 e. The third-order valence-electron chi connectivity index (χ3n) is 4.25. The molecule has 0 fully saturated rings. The standard InChI is InChI=1S/C21H16FN3O3/c1-27-18-8-5-15(6-9-18)20-23-21(28-24-20)16-7-10-19(26)25(13-16)12-14-3-2-4-17(22)11-14/h2-11,13H,12H2,1H3. The van der Waals surface area contributed by atoms with Gasteiger partial charge in [0.15, 0.2) is 0 Å². The van der Waals surface area contributed by atoms with Crippen molar-refractivity contribution >= 4 is 0 Å². The van der Waals surface area contributed by atoms with E-state index in [0.29, 0.717) is 22.8 Å². The molecule has 0 amide bonds. The molecule has 2 heterocycles. The first-order chi connectivity index (χ1) is 13.6. The van der Waals surface area contributed by atoms with Gasteiger partial charge in [0, 0.05) is 17.8 Å². The van der Waals surface area contributed by atoms with Gasteiger partial charge in [-0.25, -0.2) is 4.39 Å². The molecule has 7 heteroatoms. The maximum atomic E-state index is 13.4. The fourth-order valence-corrected chi connectivity index (χ4v) is 2.81. The van der Waals surface area contributed by atoms with E-state index in [1.807, 2.05) is 24.3 Å². The van der Waals surface area contributed by atoms with Crippen molar-refractivity contribution in [1.29, 1.82) is 0 Å². The lowest BCUT2D eigenvalue weighted by Gasteiger charge is -2.07. The van der Waals surface area contributed by atoms with Gasteiger partial charge >= 0.3 is 0 Å². The Labute approximate surface area is 159 Å². The van der Waals surface area contributed by atoms with Crippen LogP contribution in [0.15, 0.2) is 76.2 Å². The van der Waals surface area contributed by atoms with Crippen LogP contribution in [0.1, 0.15) is 5.56 Å². The van der Waals surface area contributed by atoms with Gasteiger partial charge in [-0.3, -0.25) is 4.79 Å². The smallest absolute Gasteiger partial charge is 0.259 e. The van der Waals surface area contributed by atoms with Gasteiger partial charge in [0.1, 0.15) is 11.6 Å². The van der Waals surface area contributed by atoms with Gasteiger partial charge < -0.3 is 13.8 Å². The van der Waals surface area contributed by atoms with Gasteiger partial charge in [-0.05, 0) is 48.0 Å². The molecule has 0 N–H and O–H groups in total. The molecule has 2 aromatic carbocycles. The summed E-state index contributed by atoms with van der Waals surface area (Å²) in [5, 5.41) is 4.00. The molecule has 4 rings (SSSR count). The summed E-state index contributed by atoms with van der Waals surface area (Å²) in [6, 6.07) is 16.5. The number of methoxy groups -OCH3 is 1. The summed E-state index contributed by atoms with van der Waals surface area (Å²) in [6.07, 6.45) is 1.62. The Hall–Kier alpha value is -3.74. The predicted octanol–water partition coefficient (Wildman–Crippen LogP) is 3.76. The van der Waals surface area contributed by atoms with Crippen molar-refractivity contribution in [2.45, 2.75) is 6.54 Å². The van der Waals surface area contributed by atoms with E-state index in [1.165, 1.54) is 22.8 Å². The lowest BCUT2D eigenvalue weighted by Crippen LogP contribution is -2.19. The zero-order valence-corrected chi connectivity index (χ0v) is 15.0. The molecule has 28 heavy (non-hydrogen) atoms. The number of benzene rings is 2. The number of ether oxygens (including phenoxy) is 1. The number of hydrogen-bond donors (Lipinski definition) is 0. The highest BCUT2D eigenvalue weighted by atomic mass is 19.1. The van der Waals surface area contributed by atoms with Crippen LogP contribution in [0.4, 0.5) is 4.39 Å². The van der Waals surface area contributed by atoms with Crippen LogP contribution in [0, 0.1) is 5.82 Å². The highest BCUT2D eigenvalue weighted by molar-refractivity contribution is 5.59. The summed E-state index contributed by atoms with van der Waals surface area (Å²) < 4.78 is 25.4. The first-order valence-electron chi connectivity index (χ1n) is 8.56. The van der Waals surface area contributed by atoms with Crippen LogP contribution in [0.5, 0.6) is 5.75 Å². The van der Waals surface area contributed by atoms with Crippen LogP contribution in [0.25, 0.3) is 22.8 Å². The summed E-state index contributed by atoms with van der Waals surface area (Å²) >= 11 is 0. The molecular formula is C21H16FN3O3. The van der Waals surface area contributed by atoms with E-state index in [2.05, 4.69) is 10.1 Å². The van der Waals surface area contributed by atoms with E-state index in [0.717, 1.165) is 11.3 Å². The number of nitrogens with zero attached hydrogens (tertiary/aromatic N) is 3. The quantitative estimate of drug-likeness (QED) is 0.530. The minimum Gasteiger partial charge on any atom is -0.497 e. The maximum absolute atomic E-state index is 13.4. The zero-order chi connectivity index (χ0) is 19.5. The van der Waals surface area contributed by atoms with E-state index < -0.39 is 0 Å². The molecule has 140 valence electrons. The average molecular weight is 377 g/mol. The predicted molar refractivity (Wildman–Crippen MR) is 101 cm³/mol. The van der Waals surface area contributed by atoms with Crippen LogP contribution >= 0.6 is 0 Å². The van der Waals surface area contributed by atoms with Crippen LogP contribution in [0.2, 0.25) is 0 Å². The summed E-state index contributed by atoms with van der Waals surface area (Å²) in [4.78, 5) is 16.6. The number of hydrogen-bond acceptors (Lipinski definition) is 5. The Balaban J connectivity index is 1.63. The number of pyridine rings is 1. The van der Waals surface area contributed by atoms with Gasteiger partial charge in [-0.2, -0.15) is 4.98 Å². The van der Waals surface area contributed by atoms with Crippen molar-refractivity contribution in [3.05, 3.63) is 88.6 Å². The van der Waals surface area contributed by atoms with Crippen LogP contribution in [-0.2, 0) is 6.54 Å². The Morgan fingerprint density at radius 2 is 1.86 bits per heavy atom. The van der Waals surface area contributed by atoms with Gasteiger partial charge in [0.25, 0.3) is 11.4 Å². The molecule has 4 aromatic rings. The molecule has 0 saturated heterocycles. The van der Waals surface area contributed by atoms with Crippen molar-refractivity contribution in [3.63, 3.8) is 0 Å². The number of rotatable bonds is 5. The molecule has 0 aliphatic carbocycles. The normalized spacial score (nSPS) is 10.8. The lowest BCUT2D eigenvalue weighted by atomic mass is 10.2. The second-order valence-corrected chi connectivity index (χ2v) is 6.17. The van der Waals surface area contributed by atoms with Crippen molar-refractivity contribution < 1.29 is 13.7 Å². The number of halogens is 1. The Kier molecular flexibility index (Phi) is 4.72. The van der Waals surface area contributed by atoms with Gasteiger partial charge in [-0.1, -0.05) is 17.3 Å². The van der Waals surface area contributed by atoms with E-state index >= 15 is 0 Å². The minimum atomic E-state index is -0.345. The van der Waals surface area contributed by atoms with E-state index in [-0.39, 0.29) is 17.9 Å². The Bertz CT molecular complexity index is 1170. The van der Waals surface area contributed by atoms with Crippen LogP contribution < -0.4 is 10.3 Å². The third kappa shape index (κ3) is 3.68. The van der Waals surface area contributed by atoms with E-state index in [4.69, 9.17) is 9.26 Å². The summed E-state index contributed by atoms with van der Waals surface area (Å²) in [6.45, 7) is 0.240. The number of aromatic nitrogens is 3. The zero-order valence-electron chi connectivity index (χ0n) is 15.0. The third-order valence-corrected chi connectivity index (χ3v) is 4.25. The monoisotopic (exact) mass is 377 g/mol. The molecule has 0 spiro atoms. The van der Waals surface area contributed by atoms with Gasteiger partial charge in [0.2, 0.25) is 5.82 Å². The van der Waals surface area contributed by atoms with Crippen molar-refractivity contribution in [2.75, 3.05) is 7.11 Å². The minimum absolute atomic E-state index is 0.206. The second kappa shape index (κ2) is 7.48. The molecule has 0 atom stereocenters. The van der Waals surface area contributed by atoms with Crippen LogP contribution in [0.3, 0.4) is 0 Å². The molecule has 0 radical (unpaired) electrons. The molecule has 6 nitrogen and oxygen atoms in total. The van der Waals surface area contributed by atoms with Crippen molar-refractivity contribution in [3.8, 4) is 28.6 Å². The average Bonchev–Trinajstić information content (AvgIpc) is 3.20. The molecule has 0 unspecified atom stereocenters. The molecule has 2 aromatic heterocycles.